The Kier molecular flexibility index (Phi) is 6.36. The van der Waals surface area contributed by atoms with Crippen LogP contribution in [0.2, 0.25) is 0 Å². The molecule has 2 aromatic heterocycles. The second-order valence-corrected chi connectivity index (χ2v) is 12.2. The highest BCUT2D eigenvalue weighted by atomic mass is 32.1. The van der Waals surface area contributed by atoms with E-state index in [0.29, 0.717) is 17.8 Å². The van der Waals surface area contributed by atoms with Crippen molar-refractivity contribution in [2.24, 2.45) is 0 Å². The maximum absolute atomic E-state index is 13.6. The standard InChI is InChI=1S/C31H33N3O3S/c1-31(2,3)37-30(36)34-25-12-9-20(19-33-13-5-4-6-14-33)16-21(25)17-26(34)23-11-10-22(27-8-7-15-38-27)24-18-32-29(35)28(23)24/h7-12,15-17H,4-6,13-14,18-19H2,1-3H3,(H,32,35). The van der Waals surface area contributed by atoms with Crippen LogP contribution in [-0.2, 0) is 17.8 Å². The molecule has 2 aromatic carbocycles. The second-order valence-electron chi connectivity index (χ2n) is 11.2. The van der Waals surface area contributed by atoms with E-state index in [1.165, 1.54) is 24.8 Å². The van der Waals surface area contributed by atoms with Crippen LogP contribution in [0.3, 0.4) is 0 Å². The third-order valence-electron chi connectivity index (χ3n) is 7.33. The fourth-order valence-electron chi connectivity index (χ4n) is 5.67. The number of aromatic nitrogens is 1. The van der Waals surface area contributed by atoms with Crippen molar-refractivity contribution in [3.8, 4) is 21.7 Å². The number of carbonyl (C=O) groups is 2. The molecule has 7 heteroatoms. The van der Waals surface area contributed by atoms with Gasteiger partial charge in [0.05, 0.1) is 16.8 Å². The summed E-state index contributed by atoms with van der Waals surface area (Å²) in [7, 11) is 0. The summed E-state index contributed by atoms with van der Waals surface area (Å²) in [6.45, 7) is 9.23. The summed E-state index contributed by atoms with van der Waals surface area (Å²) < 4.78 is 7.49. The lowest BCUT2D eigenvalue weighted by Gasteiger charge is -2.26. The number of hydrogen-bond acceptors (Lipinski definition) is 5. The molecule has 1 amide bonds. The molecule has 6 rings (SSSR count). The molecule has 6 nitrogen and oxygen atoms in total. The second kappa shape index (κ2) is 9.71. The van der Waals surface area contributed by atoms with Gasteiger partial charge in [0, 0.05) is 28.9 Å². The number of benzene rings is 2. The monoisotopic (exact) mass is 527 g/mol. The molecule has 4 aromatic rings. The van der Waals surface area contributed by atoms with E-state index in [-0.39, 0.29) is 5.91 Å². The molecule has 196 valence electrons. The largest absolute Gasteiger partial charge is 0.443 e. The van der Waals surface area contributed by atoms with E-state index in [2.05, 4.69) is 34.5 Å². The van der Waals surface area contributed by atoms with Gasteiger partial charge < -0.3 is 10.1 Å². The third-order valence-corrected chi connectivity index (χ3v) is 8.23. The van der Waals surface area contributed by atoms with Gasteiger partial charge in [0.2, 0.25) is 0 Å². The van der Waals surface area contributed by atoms with Gasteiger partial charge in [0.25, 0.3) is 5.91 Å². The normalized spacial score (nSPS) is 16.0. The van der Waals surface area contributed by atoms with E-state index in [4.69, 9.17) is 4.74 Å². The molecule has 38 heavy (non-hydrogen) atoms. The lowest BCUT2D eigenvalue weighted by molar-refractivity contribution is 0.0547. The topological polar surface area (TPSA) is 63.6 Å². The van der Waals surface area contributed by atoms with Crippen LogP contribution >= 0.6 is 11.3 Å². The number of nitrogens with zero attached hydrogens (tertiary/aromatic N) is 2. The molecule has 1 fully saturated rings. The Labute approximate surface area is 227 Å². The molecule has 0 radical (unpaired) electrons. The third kappa shape index (κ3) is 4.65. The highest BCUT2D eigenvalue weighted by molar-refractivity contribution is 7.13. The summed E-state index contributed by atoms with van der Waals surface area (Å²) in [6, 6.07) is 16.5. The van der Waals surface area contributed by atoms with Crippen molar-refractivity contribution in [1.29, 1.82) is 0 Å². The van der Waals surface area contributed by atoms with Crippen molar-refractivity contribution in [2.45, 2.75) is 58.7 Å². The van der Waals surface area contributed by atoms with Gasteiger partial charge in [0.15, 0.2) is 0 Å². The molecule has 0 bridgehead atoms. The molecule has 0 saturated carbocycles. The Morgan fingerprint density at radius 2 is 1.82 bits per heavy atom. The first-order valence-electron chi connectivity index (χ1n) is 13.4. The number of rotatable bonds is 4. The van der Waals surface area contributed by atoms with Crippen LogP contribution in [0, 0.1) is 0 Å². The van der Waals surface area contributed by atoms with Crippen molar-refractivity contribution < 1.29 is 14.3 Å². The van der Waals surface area contributed by atoms with Gasteiger partial charge in [-0.3, -0.25) is 9.69 Å². The molecule has 0 aliphatic carbocycles. The zero-order chi connectivity index (χ0) is 26.4. The maximum atomic E-state index is 13.6. The molecule has 1 saturated heterocycles. The summed E-state index contributed by atoms with van der Waals surface area (Å²) in [5.74, 6) is -0.111. The number of thiophene rings is 1. The van der Waals surface area contributed by atoms with Crippen LogP contribution < -0.4 is 5.32 Å². The van der Waals surface area contributed by atoms with E-state index in [1.807, 2.05) is 50.4 Å². The number of fused-ring (bicyclic) bond motifs is 2. The van der Waals surface area contributed by atoms with E-state index in [0.717, 1.165) is 52.1 Å². The van der Waals surface area contributed by atoms with Crippen molar-refractivity contribution in [3.63, 3.8) is 0 Å². The fraction of sp³-hybridized carbons (Fsp3) is 0.355. The molecule has 2 aliphatic rings. The van der Waals surface area contributed by atoms with E-state index in [1.54, 1.807) is 15.9 Å². The average Bonchev–Trinajstić information content (AvgIpc) is 3.62. The van der Waals surface area contributed by atoms with Crippen LogP contribution in [0.1, 0.15) is 61.5 Å². The van der Waals surface area contributed by atoms with E-state index in [9.17, 15) is 9.59 Å². The minimum Gasteiger partial charge on any atom is -0.443 e. The van der Waals surface area contributed by atoms with Crippen LogP contribution in [0.4, 0.5) is 4.79 Å². The predicted octanol–water partition coefficient (Wildman–Crippen LogP) is 7.05. The highest BCUT2D eigenvalue weighted by Gasteiger charge is 2.30. The Bertz CT molecular complexity index is 1520. The Morgan fingerprint density at radius 3 is 2.55 bits per heavy atom. The van der Waals surface area contributed by atoms with Crippen molar-refractivity contribution in [1.82, 2.24) is 14.8 Å². The molecule has 0 spiro atoms. The van der Waals surface area contributed by atoms with Crippen LogP contribution in [0.25, 0.3) is 32.6 Å². The molecular weight excluding hydrogens is 494 g/mol. The molecule has 0 unspecified atom stereocenters. The number of amides is 1. The average molecular weight is 528 g/mol. The SMILES string of the molecule is CC(C)(C)OC(=O)n1c(-c2ccc(-c3cccs3)c3c2C(=O)NC3)cc2cc(CN3CCCCC3)ccc21. The number of likely N-dealkylation sites (tertiary alicyclic amines) is 1. The number of hydrogen-bond donors (Lipinski definition) is 1. The summed E-state index contributed by atoms with van der Waals surface area (Å²) in [5, 5.41) is 6.02. The van der Waals surface area contributed by atoms with Gasteiger partial charge >= 0.3 is 6.09 Å². The zero-order valence-corrected chi connectivity index (χ0v) is 23.0. The lowest BCUT2D eigenvalue weighted by Crippen LogP contribution is -2.29. The Morgan fingerprint density at radius 1 is 1.03 bits per heavy atom. The summed E-state index contributed by atoms with van der Waals surface area (Å²) >= 11 is 1.66. The minimum atomic E-state index is -0.651. The van der Waals surface area contributed by atoms with Gasteiger partial charge in [-0.05, 0) is 93.0 Å². The number of ether oxygens (including phenoxy) is 1. The Balaban J connectivity index is 1.50. The molecular formula is C31H33N3O3S. The lowest BCUT2D eigenvalue weighted by atomic mass is 9.95. The number of nitrogens with one attached hydrogen (secondary N) is 1. The van der Waals surface area contributed by atoms with Gasteiger partial charge in [-0.1, -0.05) is 30.7 Å². The Hall–Kier alpha value is -3.42. The molecule has 2 aliphatic heterocycles. The predicted molar refractivity (Wildman–Crippen MR) is 153 cm³/mol. The quantitative estimate of drug-likeness (QED) is 0.309. The van der Waals surface area contributed by atoms with Crippen molar-refractivity contribution in [3.05, 3.63) is 70.6 Å². The highest BCUT2D eigenvalue weighted by Crippen LogP contribution is 2.40. The van der Waals surface area contributed by atoms with Crippen LogP contribution in [-0.4, -0.2) is 40.2 Å². The van der Waals surface area contributed by atoms with Crippen molar-refractivity contribution >= 4 is 34.2 Å². The summed E-state index contributed by atoms with van der Waals surface area (Å²) in [4.78, 5) is 30.4. The van der Waals surface area contributed by atoms with E-state index >= 15 is 0 Å². The van der Waals surface area contributed by atoms with Gasteiger partial charge in [-0.25, -0.2) is 9.36 Å². The smallest absolute Gasteiger partial charge is 0.419 e. The van der Waals surface area contributed by atoms with Gasteiger partial charge in [0.1, 0.15) is 5.60 Å². The van der Waals surface area contributed by atoms with Crippen LogP contribution in [0.15, 0.2) is 53.9 Å². The van der Waals surface area contributed by atoms with E-state index < -0.39 is 11.7 Å². The first-order chi connectivity index (χ1) is 18.3. The van der Waals surface area contributed by atoms with Crippen molar-refractivity contribution in [2.75, 3.05) is 13.1 Å². The summed E-state index contributed by atoms with van der Waals surface area (Å²) in [5.41, 5.74) is 5.45. The first-order valence-corrected chi connectivity index (χ1v) is 14.2. The maximum Gasteiger partial charge on any atom is 0.419 e. The number of carbonyl (C=O) groups excluding carboxylic acids is 2. The van der Waals surface area contributed by atoms with Crippen LogP contribution in [0.5, 0.6) is 0 Å². The first kappa shape index (κ1) is 24.9. The molecule has 0 atom stereocenters. The zero-order valence-electron chi connectivity index (χ0n) is 22.2. The number of piperidine rings is 1. The minimum absolute atomic E-state index is 0.111. The van der Waals surface area contributed by atoms with Gasteiger partial charge in [-0.15, -0.1) is 11.3 Å². The van der Waals surface area contributed by atoms with Gasteiger partial charge in [-0.2, -0.15) is 0 Å². The fourth-order valence-corrected chi connectivity index (χ4v) is 6.44. The summed E-state index contributed by atoms with van der Waals surface area (Å²) in [6.07, 6.45) is 3.35. The molecule has 1 N–H and O–H groups in total. The molecule has 4 heterocycles.